The van der Waals surface area contributed by atoms with Gasteiger partial charge in [0.15, 0.2) is 0 Å². The highest BCUT2D eigenvalue weighted by Crippen LogP contribution is 2.24. The van der Waals surface area contributed by atoms with Crippen LogP contribution in [-0.2, 0) is 6.54 Å². The molecule has 0 unspecified atom stereocenters. The first kappa shape index (κ1) is 17.0. The summed E-state index contributed by atoms with van der Waals surface area (Å²) in [5, 5.41) is 5.99. The number of aromatic amines is 1. The van der Waals surface area contributed by atoms with Gasteiger partial charge in [-0.3, -0.25) is 0 Å². The lowest BCUT2D eigenvalue weighted by Crippen LogP contribution is -2.40. The molecule has 130 valence electrons. The van der Waals surface area contributed by atoms with Crippen molar-refractivity contribution in [2.24, 2.45) is 5.92 Å². The summed E-state index contributed by atoms with van der Waals surface area (Å²) in [6, 6.07) is 17.4. The van der Waals surface area contributed by atoms with Gasteiger partial charge in [0, 0.05) is 6.54 Å². The lowest BCUT2D eigenvalue weighted by molar-refractivity contribution is 0.230. The Labute approximate surface area is 147 Å². The number of urea groups is 1. The minimum absolute atomic E-state index is 0.159. The van der Waals surface area contributed by atoms with Crippen molar-refractivity contribution in [1.82, 2.24) is 20.6 Å². The molecule has 5 heteroatoms. The first-order valence-electron chi connectivity index (χ1n) is 8.70. The molecule has 1 aromatic heterocycles. The fourth-order valence-electron chi connectivity index (χ4n) is 2.81. The van der Waals surface area contributed by atoms with Crippen LogP contribution in [0.15, 0.2) is 54.6 Å². The molecule has 0 fully saturated rings. The van der Waals surface area contributed by atoms with E-state index in [4.69, 9.17) is 0 Å². The molecular formula is C20H24N4O. The summed E-state index contributed by atoms with van der Waals surface area (Å²) in [6.07, 6.45) is 0.945. The molecule has 3 N–H and O–H groups in total. The second-order valence-electron chi connectivity index (χ2n) is 6.32. The van der Waals surface area contributed by atoms with E-state index in [1.807, 2.05) is 54.6 Å². The molecule has 1 heterocycles. The van der Waals surface area contributed by atoms with Crippen LogP contribution in [0.3, 0.4) is 0 Å². The first-order chi connectivity index (χ1) is 12.2. The number of hydrogen-bond donors (Lipinski definition) is 3. The van der Waals surface area contributed by atoms with E-state index in [2.05, 4.69) is 34.4 Å². The zero-order chi connectivity index (χ0) is 17.6. The summed E-state index contributed by atoms with van der Waals surface area (Å²) in [4.78, 5) is 20.4. The predicted molar refractivity (Wildman–Crippen MR) is 100 cm³/mol. The summed E-state index contributed by atoms with van der Waals surface area (Å²) < 4.78 is 0. The second-order valence-corrected chi connectivity index (χ2v) is 6.32. The van der Waals surface area contributed by atoms with Crippen LogP contribution >= 0.6 is 0 Å². The molecule has 2 amide bonds. The van der Waals surface area contributed by atoms with Crippen LogP contribution in [0, 0.1) is 5.92 Å². The standard InChI is InChI=1S/C20H24N4O/c1-3-14(2)18(19-22-16-11-7-8-12-17(16)23-19)24-20(25)21-13-15-9-5-4-6-10-15/h4-12,14,18H,3,13H2,1-2H3,(H,22,23)(H2,21,24,25)/t14-,18+/m1/s1. The number of amides is 2. The van der Waals surface area contributed by atoms with E-state index in [1.165, 1.54) is 0 Å². The molecular weight excluding hydrogens is 312 g/mol. The van der Waals surface area contributed by atoms with Gasteiger partial charge >= 0.3 is 6.03 Å². The molecule has 0 aliphatic rings. The number of carbonyl (C=O) groups excluding carboxylic acids is 1. The number of fused-ring (bicyclic) bond motifs is 1. The van der Waals surface area contributed by atoms with E-state index in [0.717, 1.165) is 28.8 Å². The molecule has 3 rings (SSSR count). The number of imidazole rings is 1. The third kappa shape index (κ3) is 4.18. The van der Waals surface area contributed by atoms with Gasteiger partial charge in [0.05, 0.1) is 17.1 Å². The third-order valence-electron chi connectivity index (χ3n) is 4.50. The van der Waals surface area contributed by atoms with Crippen LogP contribution < -0.4 is 10.6 Å². The van der Waals surface area contributed by atoms with Crippen LogP contribution in [0.5, 0.6) is 0 Å². The number of para-hydroxylation sites is 2. The smallest absolute Gasteiger partial charge is 0.315 e. The van der Waals surface area contributed by atoms with Crippen molar-refractivity contribution in [2.75, 3.05) is 0 Å². The largest absolute Gasteiger partial charge is 0.340 e. The highest BCUT2D eigenvalue weighted by Gasteiger charge is 2.23. The highest BCUT2D eigenvalue weighted by atomic mass is 16.2. The minimum Gasteiger partial charge on any atom is -0.340 e. The average molecular weight is 336 g/mol. The van der Waals surface area contributed by atoms with Crippen molar-refractivity contribution >= 4 is 17.1 Å². The molecule has 5 nitrogen and oxygen atoms in total. The van der Waals surface area contributed by atoms with E-state index < -0.39 is 0 Å². The van der Waals surface area contributed by atoms with E-state index in [1.54, 1.807) is 0 Å². The number of nitrogens with zero attached hydrogens (tertiary/aromatic N) is 1. The van der Waals surface area contributed by atoms with Gasteiger partial charge in [-0.05, 0) is 23.6 Å². The molecule has 0 saturated heterocycles. The SMILES string of the molecule is CC[C@@H](C)[C@H](NC(=O)NCc1ccccc1)c1nc2ccccc2[nH]1. The monoisotopic (exact) mass is 336 g/mol. The Morgan fingerprint density at radius 2 is 1.84 bits per heavy atom. The lowest BCUT2D eigenvalue weighted by Gasteiger charge is -2.22. The summed E-state index contributed by atoms with van der Waals surface area (Å²) in [5.41, 5.74) is 2.97. The molecule has 2 aromatic carbocycles. The first-order valence-corrected chi connectivity index (χ1v) is 8.70. The van der Waals surface area contributed by atoms with Crippen LogP contribution in [0.2, 0.25) is 0 Å². The van der Waals surface area contributed by atoms with E-state index in [9.17, 15) is 4.79 Å². The molecule has 0 radical (unpaired) electrons. The number of H-pyrrole nitrogens is 1. The maximum Gasteiger partial charge on any atom is 0.315 e. The van der Waals surface area contributed by atoms with Gasteiger partial charge in [-0.15, -0.1) is 0 Å². The highest BCUT2D eigenvalue weighted by molar-refractivity contribution is 5.76. The van der Waals surface area contributed by atoms with Gasteiger partial charge in [-0.25, -0.2) is 9.78 Å². The number of carbonyl (C=O) groups is 1. The van der Waals surface area contributed by atoms with E-state index in [-0.39, 0.29) is 18.0 Å². The maximum absolute atomic E-state index is 12.4. The molecule has 0 aliphatic heterocycles. The predicted octanol–water partition coefficient (Wildman–Crippen LogP) is 4.15. The Hall–Kier alpha value is -2.82. The molecule has 0 bridgehead atoms. The summed E-state index contributed by atoms with van der Waals surface area (Å²) in [7, 11) is 0. The van der Waals surface area contributed by atoms with Crippen molar-refractivity contribution in [3.8, 4) is 0 Å². The summed E-state index contributed by atoms with van der Waals surface area (Å²) in [5.74, 6) is 1.06. The Kier molecular flexibility index (Phi) is 5.33. The summed E-state index contributed by atoms with van der Waals surface area (Å²) >= 11 is 0. The van der Waals surface area contributed by atoms with Crippen molar-refractivity contribution < 1.29 is 4.79 Å². The molecule has 0 saturated carbocycles. The molecule has 0 aliphatic carbocycles. The zero-order valence-electron chi connectivity index (χ0n) is 14.6. The Morgan fingerprint density at radius 3 is 2.56 bits per heavy atom. The van der Waals surface area contributed by atoms with Crippen LogP contribution in [0.4, 0.5) is 4.79 Å². The van der Waals surface area contributed by atoms with Crippen LogP contribution in [0.25, 0.3) is 11.0 Å². The fourth-order valence-corrected chi connectivity index (χ4v) is 2.81. The van der Waals surface area contributed by atoms with Gasteiger partial charge in [0.1, 0.15) is 5.82 Å². The van der Waals surface area contributed by atoms with Crippen LogP contribution in [0.1, 0.15) is 37.7 Å². The van der Waals surface area contributed by atoms with E-state index in [0.29, 0.717) is 6.54 Å². The van der Waals surface area contributed by atoms with Crippen molar-refractivity contribution in [3.63, 3.8) is 0 Å². The Bertz CT molecular complexity index is 795. The van der Waals surface area contributed by atoms with Gasteiger partial charge in [-0.1, -0.05) is 62.7 Å². The van der Waals surface area contributed by atoms with Gasteiger partial charge in [0.2, 0.25) is 0 Å². The third-order valence-corrected chi connectivity index (χ3v) is 4.50. The topological polar surface area (TPSA) is 69.8 Å². The molecule has 2 atom stereocenters. The van der Waals surface area contributed by atoms with E-state index >= 15 is 0 Å². The minimum atomic E-state index is -0.186. The number of rotatable bonds is 6. The second kappa shape index (κ2) is 7.83. The maximum atomic E-state index is 12.4. The average Bonchev–Trinajstić information content (AvgIpc) is 3.08. The van der Waals surface area contributed by atoms with Crippen molar-refractivity contribution in [1.29, 1.82) is 0 Å². The van der Waals surface area contributed by atoms with Crippen molar-refractivity contribution in [2.45, 2.75) is 32.9 Å². The molecule has 0 spiro atoms. The zero-order valence-corrected chi connectivity index (χ0v) is 14.6. The number of aromatic nitrogens is 2. The normalized spacial score (nSPS) is 13.4. The van der Waals surface area contributed by atoms with Crippen molar-refractivity contribution in [3.05, 3.63) is 66.0 Å². The number of benzene rings is 2. The number of nitrogens with one attached hydrogen (secondary N) is 3. The number of hydrogen-bond acceptors (Lipinski definition) is 2. The summed E-state index contributed by atoms with van der Waals surface area (Å²) in [6.45, 7) is 4.74. The molecule has 25 heavy (non-hydrogen) atoms. The van der Waals surface area contributed by atoms with Gasteiger partial charge in [-0.2, -0.15) is 0 Å². The Balaban J connectivity index is 1.71. The van der Waals surface area contributed by atoms with Crippen LogP contribution in [-0.4, -0.2) is 16.0 Å². The lowest BCUT2D eigenvalue weighted by atomic mass is 9.99. The quantitative estimate of drug-likeness (QED) is 0.633. The van der Waals surface area contributed by atoms with Gasteiger partial charge < -0.3 is 15.6 Å². The van der Waals surface area contributed by atoms with Gasteiger partial charge in [0.25, 0.3) is 0 Å². The fraction of sp³-hybridized carbons (Fsp3) is 0.300. The molecule has 3 aromatic rings. The Morgan fingerprint density at radius 1 is 1.12 bits per heavy atom.